The van der Waals surface area contributed by atoms with Crippen molar-refractivity contribution in [1.82, 2.24) is 9.97 Å². The van der Waals surface area contributed by atoms with Crippen molar-refractivity contribution >= 4 is 17.6 Å². The molecule has 1 unspecified atom stereocenters. The molecule has 0 aliphatic rings. The van der Waals surface area contributed by atoms with Gasteiger partial charge >= 0.3 is 5.97 Å². The van der Waals surface area contributed by atoms with Crippen LogP contribution >= 0.6 is 11.6 Å². The lowest BCUT2D eigenvalue weighted by Gasteiger charge is -2.11. The van der Waals surface area contributed by atoms with Gasteiger partial charge in [-0.2, -0.15) is 0 Å². The molecule has 0 radical (unpaired) electrons. The first-order chi connectivity index (χ1) is 9.06. The molecule has 1 heterocycles. The number of hydrogen-bond donors (Lipinski definition) is 1. The van der Waals surface area contributed by atoms with Gasteiger partial charge in [-0.1, -0.05) is 23.7 Å². The zero-order chi connectivity index (χ0) is 13.8. The van der Waals surface area contributed by atoms with Gasteiger partial charge in [0.05, 0.1) is 0 Å². The zero-order valence-corrected chi connectivity index (χ0v) is 11.1. The molecule has 0 amide bonds. The predicted octanol–water partition coefficient (Wildman–Crippen LogP) is 2.85. The minimum absolute atomic E-state index is 0.318. The summed E-state index contributed by atoms with van der Waals surface area (Å²) in [5, 5.41) is 9.90. The fourth-order valence-corrected chi connectivity index (χ4v) is 1.98. The lowest BCUT2D eigenvalue weighted by Crippen LogP contribution is -2.17. The van der Waals surface area contributed by atoms with Crippen LogP contribution in [0.2, 0.25) is 5.02 Å². The molecule has 1 aromatic heterocycles. The molecule has 98 valence electrons. The van der Waals surface area contributed by atoms with Gasteiger partial charge < -0.3 is 5.11 Å². The number of carbonyl (C=O) groups is 1. The summed E-state index contributed by atoms with van der Waals surface area (Å²) in [5.74, 6) is -1.39. The van der Waals surface area contributed by atoms with Crippen molar-refractivity contribution in [3.05, 3.63) is 58.6 Å². The van der Waals surface area contributed by atoms with Gasteiger partial charge in [0.2, 0.25) is 0 Å². The third kappa shape index (κ3) is 3.51. The van der Waals surface area contributed by atoms with Crippen LogP contribution in [0.25, 0.3) is 0 Å². The number of halogens is 1. The van der Waals surface area contributed by atoms with Gasteiger partial charge in [-0.3, -0.25) is 4.79 Å². The van der Waals surface area contributed by atoms with E-state index in [9.17, 15) is 9.90 Å². The van der Waals surface area contributed by atoms with E-state index in [4.69, 9.17) is 11.6 Å². The molecule has 0 bridgehead atoms. The number of carboxylic acid groups (broad SMARTS) is 1. The quantitative estimate of drug-likeness (QED) is 0.933. The second kappa shape index (κ2) is 5.80. The average Bonchev–Trinajstić information content (AvgIpc) is 2.37. The number of nitrogens with zero attached hydrogens (tertiary/aromatic N) is 2. The van der Waals surface area contributed by atoms with Crippen molar-refractivity contribution in [2.45, 2.75) is 19.3 Å². The Bertz CT molecular complexity index is 584. The number of benzene rings is 1. The van der Waals surface area contributed by atoms with E-state index in [2.05, 4.69) is 9.97 Å². The van der Waals surface area contributed by atoms with Gasteiger partial charge in [-0.05, 0) is 36.6 Å². The highest BCUT2D eigenvalue weighted by atomic mass is 35.5. The Balaban J connectivity index is 2.26. The Hall–Kier alpha value is -1.94. The van der Waals surface area contributed by atoms with Crippen LogP contribution in [-0.2, 0) is 11.2 Å². The smallest absolute Gasteiger partial charge is 0.314 e. The number of hydrogen-bond acceptors (Lipinski definition) is 3. The van der Waals surface area contributed by atoms with Crippen LogP contribution in [0.3, 0.4) is 0 Å². The van der Waals surface area contributed by atoms with Crippen molar-refractivity contribution < 1.29 is 9.90 Å². The molecule has 0 saturated heterocycles. The van der Waals surface area contributed by atoms with Crippen molar-refractivity contribution in [3.8, 4) is 0 Å². The highest BCUT2D eigenvalue weighted by molar-refractivity contribution is 6.30. The van der Waals surface area contributed by atoms with Crippen LogP contribution in [0.15, 0.2) is 36.7 Å². The lowest BCUT2D eigenvalue weighted by molar-refractivity contribution is -0.139. The Morgan fingerprint density at radius 1 is 1.37 bits per heavy atom. The van der Waals surface area contributed by atoms with E-state index in [1.54, 1.807) is 30.6 Å². The summed E-state index contributed by atoms with van der Waals surface area (Å²) in [6.07, 6.45) is 3.56. The molecule has 1 N–H and O–H groups in total. The summed E-state index contributed by atoms with van der Waals surface area (Å²) in [5.41, 5.74) is 1.75. The molecule has 1 aromatic carbocycles. The molecule has 0 aliphatic heterocycles. The number of aryl methyl sites for hydroxylation is 1. The second-order valence-corrected chi connectivity index (χ2v) is 4.78. The Morgan fingerprint density at radius 3 is 2.63 bits per heavy atom. The van der Waals surface area contributed by atoms with E-state index in [-0.39, 0.29) is 0 Å². The maximum Gasteiger partial charge on any atom is 0.314 e. The fraction of sp³-hybridized carbons (Fsp3) is 0.214. The van der Waals surface area contributed by atoms with Gasteiger partial charge in [0.25, 0.3) is 0 Å². The lowest BCUT2D eigenvalue weighted by atomic mass is 9.98. The highest BCUT2D eigenvalue weighted by Crippen LogP contribution is 2.20. The SMILES string of the molecule is Cc1cnc(C(Cc2cccc(Cl)c2)C(=O)O)nc1. The highest BCUT2D eigenvalue weighted by Gasteiger charge is 2.23. The summed E-state index contributed by atoms with van der Waals surface area (Å²) in [6, 6.07) is 7.15. The molecule has 1 atom stereocenters. The average molecular weight is 277 g/mol. The van der Waals surface area contributed by atoms with Gasteiger partial charge in [0.1, 0.15) is 11.7 Å². The molecule has 0 aliphatic carbocycles. The van der Waals surface area contributed by atoms with Crippen molar-refractivity contribution in [2.75, 3.05) is 0 Å². The molecule has 19 heavy (non-hydrogen) atoms. The summed E-state index contributed by atoms with van der Waals surface area (Å²) >= 11 is 5.90. The van der Waals surface area contributed by atoms with Crippen molar-refractivity contribution in [3.63, 3.8) is 0 Å². The molecule has 0 saturated carbocycles. The van der Waals surface area contributed by atoms with E-state index in [1.807, 2.05) is 13.0 Å². The maximum atomic E-state index is 11.4. The first-order valence-corrected chi connectivity index (χ1v) is 6.20. The summed E-state index contributed by atoms with van der Waals surface area (Å²) in [6.45, 7) is 1.86. The fourth-order valence-electron chi connectivity index (χ4n) is 1.77. The molecular formula is C14H13ClN2O2. The van der Waals surface area contributed by atoms with Gasteiger partial charge in [-0.15, -0.1) is 0 Å². The summed E-state index contributed by atoms with van der Waals surface area (Å²) < 4.78 is 0. The zero-order valence-electron chi connectivity index (χ0n) is 10.4. The molecule has 2 aromatic rings. The van der Waals surface area contributed by atoms with Gasteiger partial charge in [0, 0.05) is 17.4 Å². The van der Waals surface area contributed by atoms with Crippen LogP contribution in [0, 0.1) is 6.92 Å². The first-order valence-electron chi connectivity index (χ1n) is 5.82. The summed E-state index contributed by atoms with van der Waals surface area (Å²) in [7, 11) is 0. The molecule has 0 spiro atoms. The molecule has 2 rings (SSSR count). The Morgan fingerprint density at radius 2 is 2.05 bits per heavy atom. The predicted molar refractivity (Wildman–Crippen MR) is 72.3 cm³/mol. The van der Waals surface area contributed by atoms with Crippen LogP contribution in [0.5, 0.6) is 0 Å². The minimum atomic E-state index is -0.941. The third-order valence-electron chi connectivity index (χ3n) is 2.74. The minimum Gasteiger partial charge on any atom is -0.481 e. The van der Waals surface area contributed by atoms with E-state index in [0.717, 1.165) is 11.1 Å². The third-order valence-corrected chi connectivity index (χ3v) is 2.97. The second-order valence-electron chi connectivity index (χ2n) is 4.34. The number of aromatic nitrogens is 2. The van der Waals surface area contributed by atoms with E-state index in [0.29, 0.717) is 17.3 Å². The first kappa shape index (κ1) is 13.5. The Kier molecular flexibility index (Phi) is 4.12. The topological polar surface area (TPSA) is 63.1 Å². The largest absolute Gasteiger partial charge is 0.481 e. The van der Waals surface area contributed by atoms with Gasteiger partial charge in [-0.25, -0.2) is 9.97 Å². The molecule has 0 fully saturated rings. The number of carboxylic acids is 1. The maximum absolute atomic E-state index is 11.4. The summed E-state index contributed by atoms with van der Waals surface area (Å²) in [4.78, 5) is 19.5. The van der Waals surface area contributed by atoms with Crippen molar-refractivity contribution in [1.29, 1.82) is 0 Å². The normalized spacial score (nSPS) is 12.1. The van der Waals surface area contributed by atoms with Crippen LogP contribution in [-0.4, -0.2) is 21.0 Å². The number of rotatable bonds is 4. The van der Waals surface area contributed by atoms with Gasteiger partial charge in [0.15, 0.2) is 0 Å². The number of aliphatic carboxylic acids is 1. The standard InChI is InChI=1S/C14H13ClN2O2/c1-9-7-16-13(17-8-9)12(14(18)19)6-10-3-2-4-11(15)5-10/h2-5,7-8,12H,6H2,1H3,(H,18,19). The van der Waals surface area contributed by atoms with E-state index >= 15 is 0 Å². The molecule has 5 heteroatoms. The Labute approximate surface area is 116 Å². The van der Waals surface area contributed by atoms with Crippen LogP contribution in [0.1, 0.15) is 22.9 Å². The van der Waals surface area contributed by atoms with Crippen LogP contribution < -0.4 is 0 Å². The van der Waals surface area contributed by atoms with Crippen molar-refractivity contribution in [2.24, 2.45) is 0 Å². The molecule has 4 nitrogen and oxygen atoms in total. The molecular weight excluding hydrogens is 264 g/mol. The van der Waals surface area contributed by atoms with E-state index < -0.39 is 11.9 Å². The van der Waals surface area contributed by atoms with E-state index in [1.165, 1.54) is 0 Å². The monoisotopic (exact) mass is 276 g/mol. The van der Waals surface area contributed by atoms with Crippen LogP contribution in [0.4, 0.5) is 0 Å².